The van der Waals surface area contributed by atoms with Crippen LogP contribution in [-0.4, -0.2) is 163 Å². The Morgan fingerprint density at radius 1 is 0.581 bits per heavy atom. The number of unbranched alkanes of at least 4 members (excludes halogenated alkanes) is 14. The number of aliphatic hydroxyl groups excluding tert-OH is 1. The molecule has 516 valence electrons. The summed E-state index contributed by atoms with van der Waals surface area (Å²) in [7, 11) is 0. The summed E-state index contributed by atoms with van der Waals surface area (Å²) in [5.41, 5.74) is 7.37. The normalized spacial score (nSPS) is 21.6. The van der Waals surface area contributed by atoms with E-state index in [-0.39, 0.29) is 86.1 Å². The van der Waals surface area contributed by atoms with Gasteiger partial charge in [-0.05, 0) is 67.3 Å². The number of benzene rings is 2. The molecule has 8 atom stereocenters. The molecule has 0 bridgehead atoms. The number of nitrogens with zero attached hydrogens (tertiary/aromatic N) is 1. The van der Waals surface area contributed by atoms with Crippen molar-refractivity contribution < 1.29 is 82.8 Å². The molecular formula is C67H99N7O17S2. The van der Waals surface area contributed by atoms with E-state index in [2.05, 4.69) is 33.5 Å². The second kappa shape index (κ2) is 43.1. The van der Waals surface area contributed by atoms with E-state index in [1.165, 1.54) is 94.2 Å². The molecule has 0 spiro atoms. The van der Waals surface area contributed by atoms with E-state index in [1.54, 1.807) is 0 Å². The van der Waals surface area contributed by atoms with E-state index in [0.29, 0.717) is 6.42 Å². The van der Waals surface area contributed by atoms with Gasteiger partial charge in [0.2, 0.25) is 41.4 Å². The molecule has 1 saturated heterocycles. The van der Waals surface area contributed by atoms with E-state index >= 15 is 0 Å². The first-order valence-corrected chi connectivity index (χ1v) is 35.4. The van der Waals surface area contributed by atoms with Gasteiger partial charge in [0, 0.05) is 80.4 Å². The van der Waals surface area contributed by atoms with Gasteiger partial charge in [0.05, 0.1) is 25.0 Å². The smallest absolute Gasteiger partial charge is 0.305 e. The molecule has 2 aliphatic heterocycles. The first-order valence-electron chi connectivity index (χ1n) is 33.1. The van der Waals surface area contributed by atoms with Crippen LogP contribution in [0.2, 0.25) is 0 Å². The van der Waals surface area contributed by atoms with E-state index < -0.39 is 152 Å². The zero-order chi connectivity index (χ0) is 68.2. The fraction of sp³-hybridized carbons (Fsp3) is 0.657. The van der Waals surface area contributed by atoms with Gasteiger partial charge in [-0.2, -0.15) is 23.5 Å². The van der Waals surface area contributed by atoms with E-state index in [1.807, 2.05) is 36.4 Å². The Hall–Kier alpha value is -6.93. The van der Waals surface area contributed by atoms with Crippen molar-refractivity contribution in [3.05, 3.63) is 47.5 Å². The van der Waals surface area contributed by atoms with Gasteiger partial charge in [0.1, 0.15) is 41.8 Å². The minimum Gasteiger partial charge on any atom is -0.481 e. The minimum absolute atomic E-state index is 0.0130. The number of carboxylic acids is 3. The molecule has 2 heterocycles. The number of aliphatic hydroxyl groups is 1. The molecule has 93 heavy (non-hydrogen) atoms. The molecule has 24 nitrogen and oxygen atoms in total. The Morgan fingerprint density at radius 2 is 1.11 bits per heavy atom. The van der Waals surface area contributed by atoms with Gasteiger partial charge in [-0.1, -0.05) is 133 Å². The van der Waals surface area contributed by atoms with Gasteiger partial charge >= 0.3 is 17.9 Å². The fourth-order valence-corrected chi connectivity index (χ4v) is 13.7. The lowest BCUT2D eigenvalue weighted by molar-refractivity contribution is -0.146. The lowest BCUT2D eigenvalue weighted by Gasteiger charge is -2.30. The number of Topliss-reactive ketones (excluding diaryl/α,β-unsaturated/α-hetero) is 3. The maximum atomic E-state index is 14.6. The first kappa shape index (κ1) is 78.5. The van der Waals surface area contributed by atoms with Crippen LogP contribution in [0.4, 0.5) is 0 Å². The monoisotopic (exact) mass is 1340 g/mol. The zero-order valence-electron chi connectivity index (χ0n) is 54.1. The summed E-state index contributed by atoms with van der Waals surface area (Å²) in [6, 6.07) is 3.42. The third-order valence-corrected chi connectivity index (χ3v) is 19.1. The van der Waals surface area contributed by atoms with Gasteiger partial charge in [-0.3, -0.25) is 62.3 Å². The number of primary amides is 1. The molecule has 2 aromatic rings. The number of fused-ring (bicyclic) bond motifs is 3. The summed E-state index contributed by atoms with van der Waals surface area (Å²) < 4.78 is 0. The predicted molar refractivity (Wildman–Crippen MR) is 353 cm³/mol. The van der Waals surface area contributed by atoms with E-state index in [9.17, 15) is 82.8 Å². The Kier molecular flexibility index (Phi) is 36.4. The van der Waals surface area contributed by atoms with Crippen LogP contribution < -0.4 is 32.3 Å². The molecule has 11 N–H and O–H groups in total. The van der Waals surface area contributed by atoms with Gasteiger partial charge in [0.15, 0.2) is 5.78 Å². The second-order valence-corrected chi connectivity index (χ2v) is 26.7. The number of amides is 7. The molecule has 0 radical (unpaired) electrons. The Labute approximate surface area is 553 Å². The maximum absolute atomic E-state index is 14.6. The lowest BCUT2D eigenvalue weighted by Crippen LogP contribution is -2.60. The maximum Gasteiger partial charge on any atom is 0.305 e. The van der Waals surface area contributed by atoms with Gasteiger partial charge < -0.3 is 57.6 Å². The highest BCUT2D eigenvalue weighted by molar-refractivity contribution is 7.98. The standard InChI is InChI=1S/C67H99N7O17S2/c1-3-4-5-6-7-8-9-10-11-12-13-14-15-16-17-24-50(76)25-20-26-51(77)36-49-41-92-39-47-33-44-22-18-19-23-45(44)34-48(47)40-93-42-55(61(68)85)72-62(86)46(28-30-57(79)80)35-52(78)38-69-66(90)60(43(2)75)73-64(88)53(29-31-58(81)82)70-65(89)56-27-21-32-74(56)67(91)54(37-59(83)84)71-63(49)87/h18-19,22-23,33-34,43,46,49,53-56,60,75H,3-17,20-21,24-32,35-42H2,1-2H3,(H2,68,85)(H,69,90)(H,70,89)(H,71,87)(H,72,86)(H,73,88)(H,79,80)(H,81,82)(H,83,84)/t43-,46-,49+,53+,54+,55+,56+,60+/m1/s1. The van der Waals surface area contributed by atoms with Crippen LogP contribution in [0.5, 0.6) is 0 Å². The largest absolute Gasteiger partial charge is 0.481 e. The average molecular weight is 1340 g/mol. The molecule has 2 aromatic carbocycles. The molecule has 0 aliphatic carbocycles. The molecule has 1 fully saturated rings. The number of carbonyl (C=O) groups is 13. The van der Waals surface area contributed by atoms with Crippen molar-refractivity contribution >= 4 is 111 Å². The number of nitrogens with two attached hydrogens (primary N) is 1. The highest BCUT2D eigenvalue weighted by atomic mass is 32.2. The van der Waals surface area contributed by atoms with Crippen molar-refractivity contribution in [1.29, 1.82) is 0 Å². The van der Waals surface area contributed by atoms with Gasteiger partial charge in [0.25, 0.3) is 0 Å². The lowest BCUT2D eigenvalue weighted by atomic mass is 9.95. The van der Waals surface area contributed by atoms with E-state index in [0.717, 1.165) is 59.4 Å². The van der Waals surface area contributed by atoms with Crippen molar-refractivity contribution in [2.24, 2.45) is 17.6 Å². The van der Waals surface area contributed by atoms with Crippen LogP contribution in [0.15, 0.2) is 36.4 Å². The summed E-state index contributed by atoms with van der Waals surface area (Å²) in [5, 5.41) is 53.7. The quantitative estimate of drug-likeness (QED) is 0.0345. The third kappa shape index (κ3) is 29.9. The molecule has 0 unspecified atom stereocenters. The van der Waals surface area contributed by atoms with Crippen molar-refractivity contribution in [3.63, 3.8) is 0 Å². The zero-order valence-corrected chi connectivity index (χ0v) is 55.7. The molecule has 7 amide bonds. The summed E-state index contributed by atoms with van der Waals surface area (Å²) >= 11 is 2.51. The van der Waals surface area contributed by atoms with Crippen molar-refractivity contribution in [3.8, 4) is 0 Å². The molecular weight excluding hydrogens is 1240 g/mol. The number of hydrogen-bond acceptors (Lipinski definition) is 16. The van der Waals surface area contributed by atoms with Crippen LogP contribution in [0.25, 0.3) is 10.8 Å². The van der Waals surface area contributed by atoms with Crippen LogP contribution >= 0.6 is 23.5 Å². The van der Waals surface area contributed by atoms with Gasteiger partial charge in [-0.15, -0.1) is 0 Å². The van der Waals surface area contributed by atoms with E-state index in [4.69, 9.17) is 5.73 Å². The Bertz CT molecular complexity index is 2860. The number of nitrogens with one attached hydrogen (secondary N) is 5. The summed E-state index contributed by atoms with van der Waals surface area (Å²) in [6.07, 6.45) is 13.2. The fourth-order valence-electron chi connectivity index (χ4n) is 11.5. The number of carboxylic acid groups (broad SMARTS) is 3. The minimum atomic E-state index is -1.83. The number of carbonyl (C=O) groups excluding carboxylic acids is 10. The Morgan fingerprint density at radius 3 is 1.67 bits per heavy atom. The summed E-state index contributed by atoms with van der Waals surface area (Å²) in [4.78, 5) is 175. The molecule has 0 saturated carbocycles. The Balaban J connectivity index is 1.60. The number of aliphatic carboxylic acids is 3. The van der Waals surface area contributed by atoms with Crippen LogP contribution in [0, 0.1) is 11.8 Å². The van der Waals surface area contributed by atoms with Crippen LogP contribution in [-0.2, 0) is 73.8 Å². The highest BCUT2D eigenvalue weighted by Gasteiger charge is 2.41. The highest BCUT2D eigenvalue weighted by Crippen LogP contribution is 2.30. The van der Waals surface area contributed by atoms with Crippen molar-refractivity contribution in [2.75, 3.05) is 24.6 Å². The molecule has 26 heteroatoms. The predicted octanol–water partition coefficient (Wildman–Crippen LogP) is 6.59. The summed E-state index contributed by atoms with van der Waals surface area (Å²) in [6.45, 7) is 2.46. The molecule has 2 aliphatic rings. The van der Waals surface area contributed by atoms with Crippen molar-refractivity contribution in [2.45, 2.75) is 241 Å². The van der Waals surface area contributed by atoms with Crippen molar-refractivity contribution in [1.82, 2.24) is 31.5 Å². The third-order valence-electron chi connectivity index (χ3n) is 16.8. The second-order valence-electron chi connectivity index (χ2n) is 24.7. The number of hydrogen-bond donors (Lipinski definition) is 10. The van der Waals surface area contributed by atoms with Crippen LogP contribution in [0.1, 0.15) is 205 Å². The first-order chi connectivity index (χ1) is 44.5. The average Bonchev–Trinajstić information content (AvgIpc) is 1.89. The topological polar surface area (TPSA) is 392 Å². The van der Waals surface area contributed by atoms with Gasteiger partial charge in [-0.25, -0.2) is 0 Å². The molecule has 4 rings (SSSR count). The summed E-state index contributed by atoms with van der Waals surface area (Å²) in [5.74, 6) is -14.2. The van der Waals surface area contributed by atoms with Crippen LogP contribution in [0.3, 0.4) is 0 Å². The number of rotatable bonds is 32. The SMILES string of the molecule is CCCCCCCCCCCCCCCCCC(=O)CCCC(=O)C[C@H]1CSCc2cc3ccccc3cc2CSC[C@@H](C(N)=O)NC(=O)[C@H](CCC(=O)O)CC(=O)CNC(=O)[C@H]([C@@H](C)O)NC(=O)[C@H](CCC(=O)O)NC(=O)[C@@H]2CCCN2C(=O)[C@H](CC(=O)O)NC1=O. The number of ketones is 3. The number of thioether (sulfide) groups is 2. The molecule has 0 aromatic heterocycles.